The zero-order valence-corrected chi connectivity index (χ0v) is 21.7. The fourth-order valence-corrected chi connectivity index (χ4v) is 5.50. The molecule has 0 bridgehead atoms. The number of nitrogen functional groups attached to an aromatic ring is 1. The minimum atomic E-state index is -0.915. The molecule has 0 saturated carbocycles. The largest absolute Gasteiger partial charge is 1.00 e. The van der Waals surface area contributed by atoms with Crippen LogP contribution in [0.25, 0.3) is 0 Å². The van der Waals surface area contributed by atoms with Crippen molar-refractivity contribution in [3.63, 3.8) is 0 Å². The van der Waals surface area contributed by atoms with Gasteiger partial charge in [0.1, 0.15) is 12.4 Å². The molecule has 2 N–H and O–H groups in total. The summed E-state index contributed by atoms with van der Waals surface area (Å²) in [6, 6.07) is 7.85. The van der Waals surface area contributed by atoms with E-state index in [4.69, 9.17) is 5.73 Å². The summed E-state index contributed by atoms with van der Waals surface area (Å²) in [5, 5.41) is 0. The molecule has 0 aliphatic carbocycles. The van der Waals surface area contributed by atoms with Crippen LogP contribution in [0.4, 0.5) is 11.4 Å². The van der Waals surface area contributed by atoms with Crippen molar-refractivity contribution in [2.45, 2.75) is 65.0 Å². The predicted octanol–water partition coefficient (Wildman–Crippen LogP) is 1.00. The zero-order chi connectivity index (χ0) is 21.6. The van der Waals surface area contributed by atoms with Crippen molar-refractivity contribution in [1.82, 2.24) is 9.47 Å². The molecule has 1 aliphatic rings. The van der Waals surface area contributed by atoms with Crippen LogP contribution >= 0.6 is 0 Å². The summed E-state index contributed by atoms with van der Waals surface area (Å²) in [5.41, 5.74) is 9.37. The summed E-state index contributed by atoms with van der Waals surface area (Å²) in [6.07, 6.45) is 10.5. The van der Waals surface area contributed by atoms with Crippen molar-refractivity contribution in [1.29, 1.82) is 0 Å². The summed E-state index contributed by atoms with van der Waals surface area (Å²) in [6.45, 7) is 17.5. The van der Waals surface area contributed by atoms with Gasteiger partial charge in [-0.25, -0.2) is 9.13 Å². The Bertz CT molecular complexity index is 802. The van der Waals surface area contributed by atoms with Gasteiger partial charge in [-0.2, -0.15) is 0 Å². The summed E-state index contributed by atoms with van der Waals surface area (Å²) in [4.78, 5) is 5.15. The van der Waals surface area contributed by atoms with Crippen LogP contribution in [0.3, 0.4) is 0 Å². The molecular weight excluding hydrogens is 422 g/mol. The summed E-state index contributed by atoms with van der Waals surface area (Å²) >= 11 is 0. The van der Waals surface area contributed by atoms with E-state index >= 15 is 0 Å². The number of nitrogens with zero attached hydrogens (tertiary/aromatic N) is 4. The Morgan fingerprint density at radius 2 is 1.84 bits per heavy atom. The molecule has 2 heterocycles. The maximum Gasteiger partial charge on any atom is 0.243 e. The third-order valence-corrected chi connectivity index (χ3v) is 8.04. The van der Waals surface area contributed by atoms with Gasteiger partial charge < -0.3 is 27.9 Å². The van der Waals surface area contributed by atoms with E-state index in [1.54, 1.807) is 0 Å². The molecule has 2 aromatic rings. The Kier molecular flexibility index (Phi) is 9.91. The lowest BCUT2D eigenvalue weighted by Gasteiger charge is -2.24. The second-order valence-electron chi connectivity index (χ2n) is 10.1. The first-order valence-corrected chi connectivity index (χ1v) is 15.4. The molecule has 0 spiro atoms. The van der Waals surface area contributed by atoms with Gasteiger partial charge in [0.25, 0.3) is 0 Å². The average molecular weight is 464 g/mol. The number of rotatable bonds is 9. The Morgan fingerprint density at radius 1 is 1.03 bits per heavy atom. The zero-order valence-electron chi connectivity index (χ0n) is 20.0. The molecule has 0 amide bonds. The molecule has 174 valence electrons. The number of imidazole rings is 1. The predicted molar refractivity (Wildman–Crippen MR) is 131 cm³/mol. The molecule has 31 heavy (non-hydrogen) atoms. The molecule has 0 unspecified atom stereocenters. The number of hydrogen-bond acceptors (Lipinski definition) is 3. The highest BCUT2D eigenvalue weighted by Crippen LogP contribution is 2.22. The molecule has 1 saturated heterocycles. The second kappa shape index (κ2) is 11.9. The molecular formula is C24H42ClN5Si. The van der Waals surface area contributed by atoms with Crippen molar-refractivity contribution in [2.75, 3.05) is 43.4 Å². The van der Waals surface area contributed by atoms with Gasteiger partial charge in [-0.3, -0.25) is 0 Å². The lowest BCUT2D eigenvalue weighted by atomic mass is 10.1. The highest BCUT2D eigenvalue weighted by molar-refractivity contribution is 6.76. The van der Waals surface area contributed by atoms with Crippen molar-refractivity contribution < 1.29 is 17.0 Å². The fraction of sp³-hybridized carbons (Fsp3) is 0.625. The van der Waals surface area contributed by atoms with Crippen LogP contribution in [0.5, 0.6) is 0 Å². The number of halogens is 1. The molecule has 5 nitrogen and oxygen atoms in total. The number of hydrogen-bond donors (Lipinski definition) is 1. The number of nitrogens with two attached hydrogens (primary N) is 1. The first kappa shape index (κ1) is 25.8. The monoisotopic (exact) mass is 463 g/mol. The van der Waals surface area contributed by atoms with Crippen molar-refractivity contribution in [2.24, 2.45) is 0 Å². The standard InChI is InChI=1S/C24H42N5Si.ClH/c1-22-20-23(8-9-24(22)25)29-14-6-11-26(17-18-29)10-5-12-27-15-16-28(21-27)13-7-19-30(2,3)4;/h8-9,15-16,20-21H,5-7,10-14,17-19,25H2,1-4H3;1H/q+1;/p-1. The van der Waals surface area contributed by atoms with E-state index in [2.05, 4.69) is 76.4 Å². The maximum absolute atomic E-state index is 5.99. The van der Waals surface area contributed by atoms with Gasteiger partial charge in [0.05, 0.1) is 13.1 Å². The fourth-order valence-electron chi connectivity index (χ4n) is 4.28. The van der Waals surface area contributed by atoms with E-state index in [1.807, 2.05) is 6.07 Å². The van der Waals surface area contributed by atoms with Crippen LogP contribution in [0.1, 0.15) is 24.8 Å². The average Bonchev–Trinajstić information content (AvgIpc) is 2.99. The van der Waals surface area contributed by atoms with Crippen molar-refractivity contribution in [3.8, 4) is 0 Å². The molecule has 3 rings (SSSR count). The molecule has 1 fully saturated rings. The maximum atomic E-state index is 5.99. The highest BCUT2D eigenvalue weighted by Gasteiger charge is 2.16. The van der Waals surface area contributed by atoms with E-state index < -0.39 is 8.07 Å². The van der Waals surface area contributed by atoms with Gasteiger partial charge >= 0.3 is 0 Å². The summed E-state index contributed by atoms with van der Waals surface area (Å²) < 4.78 is 4.72. The summed E-state index contributed by atoms with van der Waals surface area (Å²) in [5.74, 6) is 0. The van der Waals surface area contributed by atoms with Gasteiger partial charge in [-0.1, -0.05) is 25.7 Å². The van der Waals surface area contributed by atoms with Crippen LogP contribution in [-0.4, -0.2) is 50.3 Å². The number of benzene rings is 1. The highest BCUT2D eigenvalue weighted by atomic mass is 35.5. The van der Waals surface area contributed by atoms with Gasteiger partial charge in [-0.15, -0.1) is 0 Å². The van der Waals surface area contributed by atoms with E-state index in [-0.39, 0.29) is 12.4 Å². The molecule has 1 aromatic carbocycles. The van der Waals surface area contributed by atoms with Crippen LogP contribution in [0, 0.1) is 6.92 Å². The van der Waals surface area contributed by atoms with E-state index in [1.165, 1.54) is 49.6 Å². The normalized spacial score (nSPS) is 15.5. The van der Waals surface area contributed by atoms with Gasteiger partial charge in [-0.05, 0) is 56.5 Å². The molecule has 1 aliphatic heterocycles. The van der Waals surface area contributed by atoms with Crippen LogP contribution < -0.4 is 27.6 Å². The van der Waals surface area contributed by atoms with Crippen molar-refractivity contribution >= 4 is 19.4 Å². The quantitative estimate of drug-likeness (QED) is 0.342. The van der Waals surface area contributed by atoms with Gasteiger partial charge in [0.15, 0.2) is 0 Å². The third-order valence-electron chi connectivity index (χ3n) is 6.19. The van der Waals surface area contributed by atoms with Crippen LogP contribution in [0.2, 0.25) is 25.7 Å². The smallest absolute Gasteiger partial charge is 0.243 e. The first-order valence-electron chi connectivity index (χ1n) is 11.7. The molecule has 7 heteroatoms. The van der Waals surface area contributed by atoms with Gasteiger partial charge in [0, 0.05) is 45.6 Å². The number of anilines is 2. The Morgan fingerprint density at radius 3 is 2.58 bits per heavy atom. The van der Waals surface area contributed by atoms with Crippen LogP contribution in [0.15, 0.2) is 36.9 Å². The lowest BCUT2D eigenvalue weighted by molar-refractivity contribution is -0.696. The van der Waals surface area contributed by atoms with E-state index in [0.717, 1.165) is 38.4 Å². The van der Waals surface area contributed by atoms with E-state index in [9.17, 15) is 0 Å². The molecule has 1 aromatic heterocycles. The topological polar surface area (TPSA) is 41.3 Å². The Balaban J connectivity index is 0.00000341. The minimum absolute atomic E-state index is 0. The molecule has 0 radical (unpaired) electrons. The summed E-state index contributed by atoms with van der Waals surface area (Å²) in [7, 11) is -0.915. The van der Waals surface area contributed by atoms with Crippen LogP contribution in [-0.2, 0) is 13.1 Å². The SMILES string of the molecule is Cc1cc(N2CCCN(CCCn3cc[n+](CCC[Si](C)(C)C)c3)CC2)ccc1N.[Cl-]. The van der Waals surface area contributed by atoms with Crippen molar-refractivity contribution in [3.05, 3.63) is 42.5 Å². The van der Waals surface area contributed by atoms with E-state index in [0.29, 0.717) is 0 Å². The third kappa shape index (κ3) is 8.51. The minimum Gasteiger partial charge on any atom is -1.00 e. The first-order chi connectivity index (χ1) is 14.3. The second-order valence-corrected chi connectivity index (χ2v) is 15.8. The lowest BCUT2D eigenvalue weighted by Crippen LogP contribution is -3.00. The number of aryl methyl sites for hydroxylation is 3. The van der Waals surface area contributed by atoms with Gasteiger partial charge in [0.2, 0.25) is 6.33 Å². The number of aromatic nitrogens is 2. The Hall–Kier alpha value is -1.50. The Labute approximate surface area is 196 Å². The molecule has 0 atom stereocenters.